The minimum absolute atomic E-state index is 0.156. The minimum Gasteiger partial charge on any atom is -0.299 e. The topological polar surface area (TPSA) is 61.6 Å². The summed E-state index contributed by atoms with van der Waals surface area (Å²) in [6.07, 6.45) is 0. The first-order valence-corrected chi connectivity index (χ1v) is 3.33. The van der Waals surface area contributed by atoms with Crippen molar-refractivity contribution in [2.45, 2.75) is 19.9 Å². The van der Waals surface area contributed by atoms with Gasteiger partial charge in [-0.25, -0.2) is 4.68 Å². The predicted molar refractivity (Wildman–Crippen MR) is 40.1 cm³/mol. The Labute approximate surface area is 64.1 Å². The third-order valence-electron chi connectivity index (χ3n) is 1.45. The molecule has 11 heavy (non-hydrogen) atoms. The van der Waals surface area contributed by atoms with Gasteiger partial charge in [-0.2, -0.15) is 5.26 Å². The first kappa shape index (κ1) is 7.61. The van der Waals surface area contributed by atoms with Gasteiger partial charge in [0.15, 0.2) is 0 Å². The monoisotopic (exact) mass is 151 g/mol. The Morgan fingerprint density at radius 2 is 2.45 bits per heavy atom. The Bertz CT molecular complexity index is 341. The van der Waals surface area contributed by atoms with Gasteiger partial charge in [-0.05, 0) is 13.8 Å². The molecule has 0 saturated heterocycles. The van der Waals surface area contributed by atoms with E-state index < -0.39 is 6.04 Å². The average Bonchev–Trinajstić information content (AvgIpc) is 2.28. The normalized spacial score (nSPS) is 12.5. The summed E-state index contributed by atoms with van der Waals surface area (Å²) >= 11 is 0. The average molecular weight is 151 g/mol. The smallest absolute Gasteiger partial charge is 0.267 e. The predicted octanol–water partition coefficient (Wildman–Crippen LogP) is 0.569. The number of hydrogen-bond donors (Lipinski definition) is 1. The van der Waals surface area contributed by atoms with Gasteiger partial charge >= 0.3 is 0 Å². The molecule has 1 aromatic rings. The van der Waals surface area contributed by atoms with Gasteiger partial charge < -0.3 is 0 Å². The van der Waals surface area contributed by atoms with Crippen LogP contribution in [0.3, 0.4) is 0 Å². The quantitative estimate of drug-likeness (QED) is 0.637. The zero-order valence-electron chi connectivity index (χ0n) is 6.46. The molecule has 0 amide bonds. The molecule has 1 N–H and O–H groups in total. The van der Waals surface area contributed by atoms with Crippen LogP contribution in [-0.2, 0) is 0 Å². The highest BCUT2D eigenvalue weighted by atomic mass is 16.1. The second-order valence-electron chi connectivity index (χ2n) is 2.45. The zero-order chi connectivity index (χ0) is 8.43. The number of nitrogens with zero attached hydrogens (tertiary/aromatic N) is 2. The van der Waals surface area contributed by atoms with Crippen LogP contribution in [0.4, 0.5) is 0 Å². The largest absolute Gasteiger partial charge is 0.299 e. The van der Waals surface area contributed by atoms with Gasteiger partial charge in [0.25, 0.3) is 5.56 Å². The highest BCUT2D eigenvalue weighted by molar-refractivity contribution is 4.99. The summed E-state index contributed by atoms with van der Waals surface area (Å²) in [7, 11) is 0. The van der Waals surface area contributed by atoms with Crippen LogP contribution in [0, 0.1) is 18.3 Å². The molecule has 1 aromatic heterocycles. The lowest BCUT2D eigenvalue weighted by molar-refractivity contribution is 0.569. The van der Waals surface area contributed by atoms with E-state index in [9.17, 15) is 4.79 Å². The molecule has 1 heterocycles. The molecular formula is C7H9N3O. The highest BCUT2D eigenvalue weighted by Gasteiger charge is 2.05. The molecule has 4 nitrogen and oxygen atoms in total. The number of aromatic amines is 1. The molecule has 4 heteroatoms. The van der Waals surface area contributed by atoms with Crippen molar-refractivity contribution >= 4 is 0 Å². The summed E-state index contributed by atoms with van der Waals surface area (Å²) in [5, 5.41) is 11.3. The number of aromatic nitrogens is 2. The van der Waals surface area contributed by atoms with Crippen molar-refractivity contribution in [2.24, 2.45) is 0 Å². The van der Waals surface area contributed by atoms with E-state index in [2.05, 4.69) is 5.10 Å². The third-order valence-corrected chi connectivity index (χ3v) is 1.45. The van der Waals surface area contributed by atoms with Crippen molar-refractivity contribution < 1.29 is 0 Å². The number of hydrogen-bond acceptors (Lipinski definition) is 2. The number of H-pyrrole nitrogens is 1. The van der Waals surface area contributed by atoms with Crippen LogP contribution < -0.4 is 5.56 Å². The summed E-state index contributed by atoms with van der Waals surface area (Å²) in [6, 6.07) is 3.01. The maximum atomic E-state index is 11.0. The van der Waals surface area contributed by atoms with Crippen LogP contribution in [0.15, 0.2) is 10.9 Å². The SMILES string of the molecule is Cc1cc(=O)n(C(C)C#N)[nH]1. The van der Waals surface area contributed by atoms with E-state index in [-0.39, 0.29) is 5.56 Å². The highest BCUT2D eigenvalue weighted by Crippen LogP contribution is 1.97. The van der Waals surface area contributed by atoms with E-state index in [0.717, 1.165) is 5.69 Å². The minimum atomic E-state index is -0.420. The molecule has 0 saturated carbocycles. The second kappa shape index (κ2) is 2.62. The van der Waals surface area contributed by atoms with E-state index in [1.807, 2.05) is 6.07 Å². The van der Waals surface area contributed by atoms with Crippen LogP contribution in [-0.4, -0.2) is 9.78 Å². The summed E-state index contributed by atoms with van der Waals surface area (Å²) < 4.78 is 1.30. The second-order valence-corrected chi connectivity index (χ2v) is 2.45. The Morgan fingerprint density at radius 1 is 1.82 bits per heavy atom. The molecule has 0 aromatic carbocycles. The molecular weight excluding hydrogens is 142 g/mol. The van der Waals surface area contributed by atoms with Crippen LogP contribution in [0.5, 0.6) is 0 Å². The molecule has 1 unspecified atom stereocenters. The van der Waals surface area contributed by atoms with Crippen molar-refractivity contribution in [3.05, 3.63) is 22.1 Å². The number of aryl methyl sites for hydroxylation is 1. The fraction of sp³-hybridized carbons (Fsp3) is 0.429. The molecule has 0 spiro atoms. The Balaban J connectivity index is 3.16. The Kier molecular flexibility index (Phi) is 1.81. The Morgan fingerprint density at radius 3 is 2.82 bits per heavy atom. The standard InChI is InChI=1S/C7H9N3O/c1-5-3-7(11)10(9-5)6(2)4-8/h3,6,9H,1-2H3. The van der Waals surface area contributed by atoms with E-state index in [1.165, 1.54) is 10.7 Å². The molecule has 0 aliphatic carbocycles. The van der Waals surface area contributed by atoms with Gasteiger partial charge in [0.1, 0.15) is 6.04 Å². The summed E-state index contributed by atoms with van der Waals surface area (Å²) in [6.45, 7) is 3.44. The van der Waals surface area contributed by atoms with Gasteiger partial charge in [0.05, 0.1) is 6.07 Å². The summed E-state index contributed by atoms with van der Waals surface area (Å²) in [4.78, 5) is 11.0. The van der Waals surface area contributed by atoms with Gasteiger partial charge in [-0.3, -0.25) is 9.89 Å². The summed E-state index contributed by atoms with van der Waals surface area (Å²) in [5.74, 6) is 0. The lowest BCUT2D eigenvalue weighted by Crippen LogP contribution is -2.18. The first-order valence-electron chi connectivity index (χ1n) is 3.33. The number of rotatable bonds is 1. The molecule has 0 bridgehead atoms. The van der Waals surface area contributed by atoms with Gasteiger partial charge in [0.2, 0.25) is 0 Å². The van der Waals surface area contributed by atoms with Crippen molar-refractivity contribution in [3.8, 4) is 6.07 Å². The van der Waals surface area contributed by atoms with Crippen LogP contribution in [0.25, 0.3) is 0 Å². The molecule has 0 aliphatic heterocycles. The van der Waals surface area contributed by atoms with Crippen molar-refractivity contribution in [3.63, 3.8) is 0 Å². The van der Waals surface area contributed by atoms with Gasteiger partial charge in [-0.15, -0.1) is 0 Å². The maximum Gasteiger partial charge on any atom is 0.267 e. The molecule has 1 atom stereocenters. The van der Waals surface area contributed by atoms with Crippen molar-refractivity contribution in [1.29, 1.82) is 5.26 Å². The fourth-order valence-corrected chi connectivity index (χ4v) is 0.878. The lowest BCUT2D eigenvalue weighted by atomic mass is 10.4. The molecule has 0 aliphatic rings. The first-order chi connectivity index (χ1) is 5.15. The number of nitriles is 1. The van der Waals surface area contributed by atoms with E-state index in [0.29, 0.717) is 0 Å². The van der Waals surface area contributed by atoms with E-state index >= 15 is 0 Å². The molecule has 0 radical (unpaired) electrons. The van der Waals surface area contributed by atoms with Crippen LogP contribution in [0.2, 0.25) is 0 Å². The zero-order valence-corrected chi connectivity index (χ0v) is 6.46. The number of nitrogens with one attached hydrogen (secondary N) is 1. The van der Waals surface area contributed by atoms with Crippen LogP contribution >= 0.6 is 0 Å². The summed E-state index contributed by atoms with van der Waals surface area (Å²) in [5.41, 5.74) is 0.619. The van der Waals surface area contributed by atoms with E-state index in [1.54, 1.807) is 13.8 Å². The van der Waals surface area contributed by atoms with Gasteiger partial charge in [-0.1, -0.05) is 0 Å². The van der Waals surface area contributed by atoms with Crippen molar-refractivity contribution in [2.75, 3.05) is 0 Å². The molecule has 0 fully saturated rings. The van der Waals surface area contributed by atoms with Crippen molar-refractivity contribution in [1.82, 2.24) is 9.78 Å². The fourth-order valence-electron chi connectivity index (χ4n) is 0.878. The third kappa shape index (κ3) is 1.32. The van der Waals surface area contributed by atoms with E-state index in [4.69, 9.17) is 5.26 Å². The molecule has 1 rings (SSSR count). The Hall–Kier alpha value is -1.50. The maximum absolute atomic E-state index is 11.0. The van der Waals surface area contributed by atoms with Crippen LogP contribution in [0.1, 0.15) is 18.7 Å². The molecule has 58 valence electrons. The van der Waals surface area contributed by atoms with Gasteiger partial charge in [0, 0.05) is 11.8 Å². The lowest BCUT2D eigenvalue weighted by Gasteiger charge is -2.00.